The molecule has 2 nitrogen and oxygen atoms in total. The van der Waals surface area contributed by atoms with Crippen molar-refractivity contribution >= 4 is 37.5 Å². The van der Waals surface area contributed by atoms with Crippen LogP contribution in [0.1, 0.15) is 17.0 Å². The highest BCUT2D eigenvalue weighted by molar-refractivity contribution is 9.11. The van der Waals surface area contributed by atoms with Crippen LogP contribution in [0.15, 0.2) is 39.3 Å². The van der Waals surface area contributed by atoms with Gasteiger partial charge in [-0.3, -0.25) is 4.98 Å². The molecule has 0 aliphatic rings. The molecule has 0 fully saturated rings. The van der Waals surface area contributed by atoms with Gasteiger partial charge in [-0.25, -0.2) is 0 Å². The van der Waals surface area contributed by atoms with Crippen LogP contribution in [0.3, 0.4) is 0 Å². The Kier molecular flexibility index (Phi) is 4.40. The lowest BCUT2D eigenvalue weighted by Gasteiger charge is -2.11. The van der Waals surface area contributed by atoms with E-state index < -0.39 is 0 Å². The quantitative estimate of drug-likeness (QED) is 0.837. The summed E-state index contributed by atoms with van der Waals surface area (Å²) in [5.74, 6) is 0. The van der Waals surface area contributed by atoms with Gasteiger partial charge in [-0.05, 0) is 75.5 Å². The molecule has 0 amide bonds. The van der Waals surface area contributed by atoms with E-state index in [1.165, 1.54) is 5.56 Å². The molecule has 18 heavy (non-hydrogen) atoms. The summed E-state index contributed by atoms with van der Waals surface area (Å²) in [6, 6.07) is 10.2. The minimum atomic E-state index is 0.710. The summed E-state index contributed by atoms with van der Waals surface area (Å²) in [5, 5.41) is 3.40. The highest BCUT2D eigenvalue weighted by Crippen LogP contribution is 2.32. The number of hydrogen-bond acceptors (Lipinski definition) is 2. The Hall–Kier alpha value is -0.870. The zero-order chi connectivity index (χ0) is 13.1. The van der Waals surface area contributed by atoms with Gasteiger partial charge in [-0.2, -0.15) is 0 Å². The van der Waals surface area contributed by atoms with Crippen LogP contribution in [0.5, 0.6) is 0 Å². The summed E-state index contributed by atoms with van der Waals surface area (Å²) in [4.78, 5) is 4.47. The van der Waals surface area contributed by atoms with E-state index in [-0.39, 0.29) is 0 Å². The summed E-state index contributed by atoms with van der Waals surface area (Å²) in [6.45, 7) is 4.78. The number of halogens is 2. The molecule has 0 radical (unpaired) electrons. The predicted molar refractivity (Wildman–Crippen MR) is 82.9 cm³/mol. The van der Waals surface area contributed by atoms with Gasteiger partial charge in [-0.15, -0.1) is 0 Å². The van der Waals surface area contributed by atoms with Crippen molar-refractivity contribution in [1.82, 2.24) is 4.98 Å². The maximum Gasteiger partial charge on any atom is 0.0632 e. The van der Waals surface area contributed by atoms with E-state index in [0.717, 1.165) is 26.0 Å². The second-order valence-electron chi connectivity index (χ2n) is 4.23. The Bertz CT molecular complexity index is 544. The number of benzene rings is 1. The Morgan fingerprint density at radius 1 is 1.11 bits per heavy atom. The number of nitrogens with one attached hydrogen (secondary N) is 1. The average molecular weight is 370 g/mol. The van der Waals surface area contributed by atoms with Crippen LogP contribution in [0, 0.1) is 13.8 Å². The van der Waals surface area contributed by atoms with Gasteiger partial charge >= 0.3 is 0 Å². The zero-order valence-corrected chi connectivity index (χ0v) is 13.5. The molecule has 2 rings (SSSR count). The third-order valence-corrected chi connectivity index (χ3v) is 3.83. The Morgan fingerprint density at radius 3 is 2.39 bits per heavy atom. The summed E-state index contributed by atoms with van der Waals surface area (Å²) < 4.78 is 2.11. The molecule has 0 spiro atoms. The first-order valence-electron chi connectivity index (χ1n) is 5.68. The minimum Gasteiger partial charge on any atom is -0.378 e. The van der Waals surface area contributed by atoms with E-state index in [1.807, 2.05) is 25.1 Å². The minimum absolute atomic E-state index is 0.710. The third-order valence-electron chi connectivity index (χ3n) is 2.58. The largest absolute Gasteiger partial charge is 0.378 e. The standard InChI is InChI=1S/C14H14Br2N2/c1-9-6-12(15)14(13(16)7-9)17-8-11-5-3-4-10(2)18-11/h3-7,17H,8H2,1-2H3. The molecule has 0 unspecified atom stereocenters. The smallest absolute Gasteiger partial charge is 0.0632 e. The molecule has 1 N–H and O–H groups in total. The second kappa shape index (κ2) is 5.85. The van der Waals surface area contributed by atoms with Gasteiger partial charge < -0.3 is 5.32 Å². The summed E-state index contributed by atoms with van der Waals surface area (Å²) >= 11 is 7.15. The van der Waals surface area contributed by atoms with E-state index >= 15 is 0 Å². The Morgan fingerprint density at radius 2 is 1.78 bits per heavy atom. The first-order valence-corrected chi connectivity index (χ1v) is 7.27. The van der Waals surface area contributed by atoms with Crippen LogP contribution < -0.4 is 5.32 Å². The number of anilines is 1. The molecule has 0 saturated carbocycles. The van der Waals surface area contributed by atoms with E-state index in [9.17, 15) is 0 Å². The molecule has 1 aromatic carbocycles. The van der Waals surface area contributed by atoms with Crippen molar-refractivity contribution in [3.05, 3.63) is 56.2 Å². The number of hydrogen-bond donors (Lipinski definition) is 1. The molecule has 0 saturated heterocycles. The van der Waals surface area contributed by atoms with Crippen molar-refractivity contribution in [2.45, 2.75) is 20.4 Å². The van der Waals surface area contributed by atoms with E-state index in [0.29, 0.717) is 6.54 Å². The van der Waals surface area contributed by atoms with Gasteiger partial charge in [0.15, 0.2) is 0 Å². The highest BCUT2D eigenvalue weighted by atomic mass is 79.9. The first kappa shape index (κ1) is 13.6. The average Bonchev–Trinajstić information content (AvgIpc) is 2.27. The maximum absolute atomic E-state index is 4.47. The lowest BCUT2D eigenvalue weighted by molar-refractivity contribution is 1.01. The molecule has 1 aromatic heterocycles. The fourth-order valence-corrected chi connectivity index (χ4v) is 3.44. The van der Waals surface area contributed by atoms with Crippen molar-refractivity contribution in [3.8, 4) is 0 Å². The number of nitrogens with zero attached hydrogens (tertiary/aromatic N) is 1. The molecular formula is C14H14Br2N2. The molecule has 0 aliphatic heterocycles. The van der Waals surface area contributed by atoms with E-state index in [4.69, 9.17) is 0 Å². The molecule has 1 heterocycles. The van der Waals surface area contributed by atoms with Gasteiger partial charge in [0.25, 0.3) is 0 Å². The SMILES string of the molecule is Cc1cc(Br)c(NCc2cccc(C)n2)c(Br)c1. The number of rotatable bonds is 3. The topological polar surface area (TPSA) is 24.9 Å². The number of aromatic nitrogens is 1. The van der Waals surface area contributed by atoms with Gasteiger partial charge in [-0.1, -0.05) is 6.07 Å². The maximum atomic E-state index is 4.47. The van der Waals surface area contributed by atoms with Gasteiger partial charge in [0, 0.05) is 14.6 Å². The van der Waals surface area contributed by atoms with Crippen LogP contribution in [-0.4, -0.2) is 4.98 Å². The lowest BCUT2D eigenvalue weighted by Crippen LogP contribution is -2.03. The first-order chi connectivity index (χ1) is 8.56. The molecule has 0 bridgehead atoms. The highest BCUT2D eigenvalue weighted by Gasteiger charge is 2.06. The molecular weight excluding hydrogens is 356 g/mol. The Labute approximate surface area is 124 Å². The molecule has 2 aromatic rings. The summed E-state index contributed by atoms with van der Waals surface area (Å²) in [7, 11) is 0. The molecule has 0 aliphatic carbocycles. The lowest BCUT2D eigenvalue weighted by atomic mass is 10.2. The van der Waals surface area contributed by atoms with Crippen LogP contribution in [0.2, 0.25) is 0 Å². The van der Waals surface area contributed by atoms with Crippen molar-refractivity contribution < 1.29 is 0 Å². The van der Waals surface area contributed by atoms with Crippen LogP contribution in [0.4, 0.5) is 5.69 Å². The fourth-order valence-electron chi connectivity index (χ4n) is 1.75. The number of aryl methyl sites for hydroxylation is 2. The van der Waals surface area contributed by atoms with E-state index in [1.54, 1.807) is 0 Å². The predicted octanol–water partition coefficient (Wildman–Crippen LogP) is 4.84. The molecule has 0 atom stereocenters. The third kappa shape index (κ3) is 3.33. The van der Waals surface area contributed by atoms with Crippen LogP contribution in [-0.2, 0) is 6.54 Å². The second-order valence-corrected chi connectivity index (χ2v) is 5.94. The van der Waals surface area contributed by atoms with Crippen LogP contribution in [0.25, 0.3) is 0 Å². The van der Waals surface area contributed by atoms with Crippen molar-refractivity contribution in [2.75, 3.05) is 5.32 Å². The van der Waals surface area contributed by atoms with Gasteiger partial charge in [0.2, 0.25) is 0 Å². The van der Waals surface area contributed by atoms with Crippen molar-refractivity contribution in [1.29, 1.82) is 0 Å². The van der Waals surface area contributed by atoms with Gasteiger partial charge in [0.05, 0.1) is 17.9 Å². The number of pyridine rings is 1. The summed E-state index contributed by atoms with van der Waals surface area (Å²) in [5.41, 5.74) is 4.35. The van der Waals surface area contributed by atoms with Crippen molar-refractivity contribution in [3.63, 3.8) is 0 Å². The Balaban J connectivity index is 2.16. The fraction of sp³-hybridized carbons (Fsp3) is 0.214. The zero-order valence-electron chi connectivity index (χ0n) is 10.3. The van der Waals surface area contributed by atoms with Crippen LogP contribution >= 0.6 is 31.9 Å². The molecule has 4 heteroatoms. The summed E-state index contributed by atoms with van der Waals surface area (Å²) in [6.07, 6.45) is 0. The molecule has 94 valence electrons. The monoisotopic (exact) mass is 368 g/mol. The van der Waals surface area contributed by atoms with E-state index in [2.05, 4.69) is 61.2 Å². The van der Waals surface area contributed by atoms with Crippen molar-refractivity contribution in [2.24, 2.45) is 0 Å². The van der Waals surface area contributed by atoms with Gasteiger partial charge in [0.1, 0.15) is 0 Å². The normalized spacial score (nSPS) is 10.4.